The highest BCUT2D eigenvalue weighted by Gasteiger charge is 2.16. The van der Waals surface area contributed by atoms with Crippen LogP contribution in [0, 0.1) is 5.82 Å². The minimum atomic E-state index is -0.772. The molecule has 1 aliphatic heterocycles. The van der Waals surface area contributed by atoms with Crippen molar-refractivity contribution in [3.63, 3.8) is 0 Å². The maximum absolute atomic E-state index is 13.5. The summed E-state index contributed by atoms with van der Waals surface area (Å²) in [5.41, 5.74) is 0.175. The van der Waals surface area contributed by atoms with Crippen molar-refractivity contribution in [2.24, 2.45) is 0 Å². The first-order chi connectivity index (χ1) is 10.1. The Labute approximate surface area is 122 Å². The molecule has 0 aromatic heterocycles. The van der Waals surface area contributed by atoms with Crippen LogP contribution in [-0.4, -0.2) is 56.6 Å². The van der Waals surface area contributed by atoms with Gasteiger partial charge in [-0.05, 0) is 18.2 Å². The highest BCUT2D eigenvalue weighted by atomic mass is 19.1. The number of halogens is 1. The molecule has 2 N–H and O–H groups in total. The summed E-state index contributed by atoms with van der Waals surface area (Å²) in [6.07, 6.45) is 0. The molecule has 1 saturated heterocycles. The number of hydrogen-bond acceptors (Lipinski definition) is 5. The van der Waals surface area contributed by atoms with Gasteiger partial charge in [0, 0.05) is 31.9 Å². The molecular weight excluding hydrogens is 277 g/mol. The maximum Gasteiger partial charge on any atom is 0.340 e. The predicted molar refractivity (Wildman–Crippen MR) is 75.7 cm³/mol. The molecular formula is C14H18FN3O3. The molecule has 0 unspecified atom stereocenters. The van der Waals surface area contributed by atoms with Crippen LogP contribution in [0.5, 0.6) is 0 Å². The minimum Gasteiger partial charge on any atom is -0.465 e. The Morgan fingerprint density at radius 1 is 1.38 bits per heavy atom. The van der Waals surface area contributed by atoms with E-state index in [-0.39, 0.29) is 18.0 Å². The number of nitrogens with zero attached hydrogens (tertiary/aromatic N) is 1. The van der Waals surface area contributed by atoms with E-state index < -0.39 is 11.8 Å². The Hall–Kier alpha value is -1.99. The van der Waals surface area contributed by atoms with Gasteiger partial charge in [-0.3, -0.25) is 9.69 Å². The first kappa shape index (κ1) is 15.4. The molecule has 1 aromatic carbocycles. The van der Waals surface area contributed by atoms with Crippen molar-refractivity contribution in [1.82, 2.24) is 10.2 Å². The number of piperazine rings is 1. The zero-order valence-corrected chi connectivity index (χ0v) is 11.8. The van der Waals surface area contributed by atoms with E-state index in [2.05, 4.69) is 15.4 Å². The Balaban J connectivity index is 1.98. The van der Waals surface area contributed by atoms with Crippen LogP contribution in [0.25, 0.3) is 0 Å². The monoisotopic (exact) mass is 295 g/mol. The number of nitrogens with one attached hydrogen (secondary N) is 2. The zero-order chi connectivity index (χ0) is 15.2. The number of anilines is 1. The summed E-state index contributed by atoms with van der Waals surface area (Å²) in [7, 11) is 1.18. The van der Waals surface area contributed by atoms with Crippen molar-refractivity contribution in [2.45, 2.75) is 0 Å². The minimum absolute atomic E-state index is 0.195. The normalized spacial score (nSPS) is 15.5. The van der Waals surface area contributed by atoms with Gasteiger partial charge in [0.1, 0.15) is 5.82 Å². The van der Waals surface area contributed by atoms with E-state index in [4.69, 9.17) is 0 Å². The van der Waals surface area contributed by atoms with Gasteiger partial charge in [-0.1, -0.05) is 0 Å². The summed E-state index contributed by atoms with van der Waals surface area (Å²) in [6.45, 7) is 3.60. The fraction of sp³-hybridized carbons (Fsp3) is 0.429. The van der Waals surface area contributed by atoms with Crippen LogP contribution >= 0.6 is 0 Å². The lowest BCUT2D eigenvalue weighted by Crippen LogP contribution is -2.46. The van der Waals surface area contributed by atoms with E-state index in [1.54, 1.807) is 0 Å². The number of benzene rings is 1. The Bertz CT molecular complexity index is 530. The third kappa shape index (κ3) is 4.24. The second-order valence-corrected chi connectivity index (χ2v) is 4.76. The summed E-state index contributed by atoms with van der Waals surface area (Å²) < 4.78 is 18.0. The molecule has 6 nitrogen and oxygen atoms in total. The van der Waals surface area contributed by atoms with Crippen LogP contribution in [0.4, 0.5) is 10.1 Å². The summed E-state index contributed by atoms with van der Waals surface area (Å²) in [6, 6.07) is 3.82. The van der Waals surface area contributed by atoms with Crippen LogP contribution in [-0.2, 0) is 9.53 Å². The van der Waals surface area contributed by atoms with Crippen molar-refractivity contribution in [2.75, 3.05) is 45.2 Å². The topological polar surface area (TPSA) is 70.7 Å². The number of esters is 1. The van der Waals surface area contributed by atoms with E-state index in [1.165, 1.54) is 19.2 Å². The largest absolute Gasteiger partial charge is 0.465 e. The number of methoxy groups -OCH3 is 1. The molecule has 1 heterocycles. The average molecular weight is 295 g/mol. The number of hydrogen-bond donors (Lipinski definition) is 2. The predicted octanol–water partition coefficient (Wildman–Crippen LogP) is 0.456. The van der Waals surface area contributed by atoms with Gasteiger partial charge in [0.05, 0.1) is 19.2 Å². The van der Waals surface area contributed by atoms with E-state index >= 15 is 0 Å². The van der Waals surface area contributed by atoms with E-state index in [1.807, 2.05) is 4.90 Å². The van der Waals surface area contributed by atoms with Crippen molar-refractivity contribution in [3.8, 4) is 0 Å². The van der Waals surface area contributed by atoms with Crippen molar-refractivity contribution >= 4 is 17.6 Å². The Morgan fingerprint density at radius 2 is 2.10 bits per heavy atom. The van der Waals surface area contributed by atoms with E-state index in [9.17, 15) is 14.0 Å². The summed E-state index contributed by atoms with van der Waals surface area (Å²) in [5, 5.41) is 5.86. The van der Waals surface area contributed by atoms with Crippen molar-refractivity contribution in [3.05, 3.63) is 29.6 Å². The fourth-order valence-corrected chi connectivity index (χ4v) is 2.14. The number of ether oxygens (including phenoxy) is 1. The van der Waals surface area contributed by atoms with Crippen molar-refractivity contribution in [1.29, 1.82) is 0 Å². The lowest BCUT2D eigenvalue weighted by molar-refractivity contribution is -0.117. The van der Waals surface area contributed by atoms with Gasteiger partial charge in [0.2, 0.25) is 5.91 Å². The van der Waals surface area contributed by atoms with Gasteiger partial charge in [-0.2, -0.15) is 0 Å². The lowest BCUT2D eigenvalue weighted by Gasteiger charge is -2.26. The maximum atomic E-state index is 13.5. The molecule has 1 amide bonds. The van der Waals surface area contributed by atoms with Gasteiger partial charge >= 0.3 is 5.97 Å². The van der Waals surface area contributed by atoms with Crippen LogP contribution < -0.4 is 10.6 Å². The van der Waals surface area contributed by atoms with E-state index in [0.29, 0.717) is 5.69 Å². The smallest absolute Gasteiger partial charge is 0.340 e. The Morgan fingerprint density at radius 3 is 2.76 bits per heavy atom. The molecule has 0 spiro atoms. The summed E-state index contributed by atoms with van der Waals surface area (Å²) in [5.74, 6) is -1.65. The van der Waals surface area contributed by atoms with Crippen LogP contribution in [0.2, 0.25) is 0 Å². The molecule has 0 atom stereocenters. The van der Waals surface area contributed by atoms with Gasteiger partial charge in [-0.25, -0.2) is 9.18 Å². The van der Waals surface area contributed by atoms with Gasteiger partial charge in [0.25, 0.3) is 0 Å². The summed E-state index contributed by atoms with van der Waals surface area (Å²) in [4.78, 5) is 25.4. The third-order valence-corrected chi connectivity index (χ3v) is 3.23. The van der Waals surface area contributed by atoms with E-state index in [0.717, 1.165) is 32.2 Å². The number of rotatable bonds is 4. The standard InChI is InChI=1S/C14H18FN3O3/c1-21-14(20)11-8-10(2-3-12(11)15)17-13(19)9-18-6-4-16-5-7-18/h2-3,8,16H,4-7,9H2,1H3,(H,17,19). The molecule has 7 heteroatoms. The molecule has 21 heavy (non-hydrogen) atoms. The molecule has 0 aliphatic carbocycles. The highest BCUT2D eigenvalue weighted by molar-refractivity contribution is 5.95. The van der Waals surface area contributed by atoms with Crippen LogP contribution in [0.1, 0.15) is 10.4 Å². The molecule has 1 fully saturated rings. The fourth-order valence-electron chi connectivity index (χ4n) is 2.14. The van der Waals surface area contributed by atoms with Crippen LogP contribution in [0.15, 0.2) is 18.2 Å². The zero-order valence-electron chi connectivity index (χ0n) is 11.8. The Kier molecular flexibility index (Phi) is 5.24. The number of carbonyl (C=O) groups excluding carboxylic acids is 2. The average Bonchev–Trinajstić information content (AvgIpc) is 2.49. The molecule has 0 saturated carbocycles. The van der Waals surface area contributed by atoms with Crippen molar-refractivity contribution < 1.29 is 18.7 Å². The van der Waals surface area contributed by atoms with Gasteiger partial charge < -0.3 is 15.4 Å². The molecule has 0 radical (unpaired) electrons. The number of carbonyl (C=O) groups is 2. The second kappa shape index (κ2) is 7.14. The quantitative estimate of drug-likeness (QED) is 0.790. The third-order valence-electron chi connectivity index (χ3n) is 3.23. The first-order valence-electron chi connectivity index (χ1n) is 6.71. The summed E-state index contributed by atoms with van der Waals surface area (Å²) >= 11 is 0. The highest BCUT2D eigenvalue weighted by Crippen LogP contribution is 2.15. The molecule has 1 aromatic rings. The lowest BCUT2D eigenvalue weighted by atomic mass is 10.2. The van der Waals surface area contributed by atoms with Gasteiger partial charge in [-0.15, -0.1) is 0 Å². The number of amides is 1. The van der Waals surface area contributed by atoms with Crippen LogP contribution in [0.3, 0.4) is 0 Å². The molecule has 1 aliphatic rings. The SMILES string of the molecule is COC(=O)c1cc(NC(=O)CN2CCNCC2)ccc1F. The van der Waals surface area contributed by atoms with Gasteiger partial charge in [0.15, 0.2) is 0 Å². The second-order valence-electron chi connectivity index (χ2n) is 4.76. The molecule has 114 valence electrons. The molecule has 0 bridgehead atoms. The first-order valence-corrected chi connectivity index (χ1v) is 6.71. The molecule has 2 rings (SSSR count).